The number of carbonyl (C=O) groups excluding carboxylic acids is 1. The van der Waals surface area contributed by atoms with Crippen LogP contribution in [0, 0.1) is 0 Å². The van der Waals surface area contributed by atoms with Crippen LogP contribution < -0.4 is 22.5 Å². The number of carbonyl (C=O) groups is 1. The van der Waals surface area contributed by atoms with E-state index in [0.717, 1.165) is 0 Å². The predicted molar refractivity (Wildman–Crippen MR) is 41.5 cm³/mol. The van der Waals surface area contributed by atoms with E-state index in [1.807, 2.05) is 5.43 Å². The zero-order chi connectivity index (χ0) is 8.97. The molecule has 1 aromatic rings. The molecule has 1 amide bonds. The number of anilines is 1. The normalized spacial score (nSPS) is 9.17. The lowest BCUT2D eigenvalue weighted by Gasteiger charge is -1.98. The second kappa shape index (κ2) is 3.60. The number of nitrogens with one attached hydrogen (secondary N) is 2. The van der Waals surface area contributed by atoms with E-state index < -0.39 is 5.91 Å². The van der Waals surface area contributed by atoms with Gasteiger partial charge < -0.3 is 5.43 Å². The third-order valence-electron chi connectivity index (χ3n) is 1.18. The number of nitrogens with zero attached hydrogens (tertiary/aromatic N) is 2. The molecule has 0 aliphatic rings. The lowest BCUT2D eigenvalue weighted by atomic mass is 10.4. The quantitative estimate of drug-likeness (QED) is 0.239. The maximum atomic E-state index is 10.8. The third kappa shape index (κ3) is 1.65. The molecule has 0 atom stereocenters. The number of aromatic nitrogens is 2. The number of rotatable bonds is 2. The van der Waals surface area contributed by atoms with Crippen molar-refractivity contribution < 1.29 is 4.79 Å². The van der Waals surface area contributed by atoms with Crippen molar-refractivity contribution in [3.05, 3.63) is 17.8 Å². The minimum Gasteiger partial charge on any atom is -0.307 e. The molecule has 0 aliphatic heterocycles. The zero-order valence-corrected chi connectivity index (χ0v) is 6.11. The van der Waals surface area contributed by atoms with Crippen molar-refractivity contribution in [2.75, 3.05) is 5.43 Å². The minimum absolute atomic E-state index is 0.136. The SMILES string of the molecule is NNC(=O)c1ccc(NN)nn1. The molecule has 0 radical (unpaired) electrons. The fourth-order valence-electron chi connectivity index (χ4n) is 0.604. The maximum Gasteiger partial charge on any atom is 0.285 e. The zero-order valence-electron chi connectivity index (χ0n) is 6.11. The summed E-state index contributed by atoms with van der Waals surface area (Å²) in [6.45, 7) is 0. The standard InChI is InChI=1S/C5H8N6O/c6-8-4-2-1-3(10-11-4)5(12)9-7/h1-2H,6-7H2,(H,8,11)(H,9,12). The Morgan fingerprint density at radius 1 is 1.33 bits per heavy atom. The van der Waals surface area contributed by atoms with Crippen LogP contribution in [0.1, 0.15) is 10.5 Å². The van der Waals surface area contributed by atoms with E-state index in [2.05, 4.69) is 15.6 Å². The molecular formula is C5H8N6O. The summed E-state index contributed by atoms with van der Waals surface area (Å²) in [7, 11) is 0. The van der Waals surface area contributed by atoms with Gasteiger partial charge in [-0.3, -0.25) is 10.2 Å². The van der Waals surface area contributed by atoms with Gasteiger partial charge in [0.25, 0.3) is 5.91 Å². The molecule has 7 nitrogen and oxygen atoms in total. The predicted octanol–water partition coefficient (Wildman–Crippen LogP) is -1.63. The van der Waals surface area contributed by atoms with Gasteiger partial charge in [0.2, 0.25) is 0 Å². The Morgan fingerprint density at radius 2 is 2.08 bits per heavy atom. The Hall–Kier alpha value is -1.73. The van der Waals surface area contributed by atoms with E-state index in [1.165, 1.54) is 12.1 Å². The number of hydrogen-bond donors (Lipinski definition) is 4. The number of hydrogen-bond acceptors (Lipinski definition) is 6. The second-order valence-electron chi connectivity index (χ2n) is 1.92. The summed E-state index contributed by atoms with van der Waals surface area (Å²) in [5.74, 6) is 9.78. The summed E-state index contributed by atoms with van der Waals surface area (Å²) in [5, 5.41) is 7.10. The highest BCUT2D eigenvalue weighted by Crippen LogP contribution is 1.98. The van der Waals surface area contributed by atoms with Gasteiger partial charge in [0.15, 0.2) is 11.5 Å². The summed E-state index contributed by atoms with van der Waals surface area (Å²) >= 11 is 0. The monoisotopic (exact) mass is 168 g/mol. The number of amides is 1. The summed E-state index contributed by atoms with van der Waals surface area (Å²) in [6, 6.07) is 2.96. The van der Waals surface area contributed by atoms with Gasteiger partial charge in [-0.2, -0.15) is 0 Å². The Balaban J connectivity index is 2.84. The molecule has 0 aromatic carbocycles. The summed E-state index contributed by atoms with van der Waals surface area (Å²) in [6.07, 6.45) is 0. The first-order valence-electron chi connectivity index (χ1n) is 3.09. The molecule has 0 spiro atoms. The Labute approximate surface area is 68.1 Å². The average molecular weight is 168 g/mol. The molecule has 64 valence electrons. The highest BCUT2D eigenvalue weighted by Gasteiger charge is 2.04. The van der Waals surface area contributed by atoms with Gasteiger partial charge in [0.1, 0.15) is 0 Å². The first-order chi connectivity index (χ1) is 5.77. The lowest BCUT2D eigenvalue weighted by molar-refractivity contribution is 0.0947. The molecule has 0 fully saturated rings. The summed E-state index contributed by atoms with van der Waals surface area (Å²) in [5.41, 5.74) is 4.34. The Kier molecular flexibility index (Phi) is 2.51. The van der Waals surface area contributed by atoms with Crippen LogP contribution in [0.3, 0.4) is 0 Å². The van der Waals surface area contributed by atoms with Crippen LogP contribution in [-0.2, 0) is 0 Å². The van der Waals surface area contributed by atoms with Crippen molar-refractivity contribution in [3.8, 4) is 0 Å². The maximum absolute atomic E-state index is 10.8. The number of nitrogen functional groups attached to an aromatic ring is 2. The van der Waals surface area contributed by atoms with Crippen molar-refractivity contribution in [1.29, 1.82) is 0 Å². The van der Waals surface area contributed by atoms with Crippen LogP contribution in [0.2, 0.25) is 0 Å². The summed E-state index contributed by atoms with van der Waals surface area (Å²) < 4.78 is 0. The highest BCUT2D eigenvalue weighted by atomic mass is 16.2. The van der Waals surface area contributed by atoms with Crippen LogP contribution >= 0.6 is 0 Å². The van der Waals surface area contributed by atoms with Crippen LogP contribution in [0.25, 0.3) is 0 Å². The Bertz CT molecular complexity index is 270. The molecule has 6 N–H and O–H groups in total. The molecule has 7 heteroatoms. The van der Waals surface area contributed by atoms with Crippen LogP contribution in [-0.4, -0.2) is 16.1 Å². The van der Waals surface area contributed by atoms with Crippen LogP contribution in [0.4, 0.5) is 5.82 Å². The second-order valence-corrected chi connectivity index (χ2v) is 1.92. The minimum atomic E-state index is -0.494. The van der Waals surface area contributed by atoms with Gasteiger partial charge in [-0.1, -0.05) is 0 Å². The number of nitrogens with two attached hydrogens (primary N) is 2. The first-order valence-corrected chi connectivity index (χ1v) is 3.09. The third-order valence-corrected chi connectivity index (χ3v) is 1.18. The van der Waals surface area contributed by atoms with Gasteiger partial charge in [-0.25, -0.2) is 11.7 Å². The van der Waals surface area contributed by atoms with E-state index in [-0.39, 0.29) is 5.69 Å². The summed E-state index contributed by atoms with van der Waals surface area (Å²) in [4.78, 5) is 10.8. The smallest absolute Gasteiger partial charge is 0.285 e. The fraction of sp³-hybridized carbons (Fsp3) is 0. The van der Waals surface area contributed by atoms with Gasteiger partial charge in [0, 0.05) is 0 Å². The average Bonchev–Trinajstić information content (AvgIpc) is 2.17. The first kappa shape index (κ1) is 8.37. The van der Waals surface area contributed by atoms with Crippen molar-refractivity contribution >= 4 is 11.7 Å². The van der Waals surface area contributed by atoms with Crippen molar-refractivity contribution in [2.24, 2.45) is 11.7 Å². The number of hydrazine groups is 2. The molecule has 1 heterocycles. The lowest BCUT2D eigenvalue weighted by Crippen LogP contribution is -2.31. The molecule has 1 rings (SSSR count). The molecule has 0 saturated carbocycles. The van der Waals surface area contributed by atoms with Crippen LogP contribution in [0.5, 0.6) is 0 Å². The Morgan fingerprint density at radius 3 is 2.50 bits per heavy atom. The van der Waals surface area contributed by atoms with Crippen molar-refractivity contribution in [1.82, 2.24) is 15.6 Å². The van der Waals surface area contributed by atoms with E-state index in [4.69, 9.17) is 11.7 Å². The topological polar surface area (TPSA) is 119 Å². The fourth-order valence-corrected chi connectivity index (χ4v) is 0.604. The van der Waals surface area contributed by atoms with Gasteiger partial charge >= 0.3 is 0 Å². The van der Waals surface area contributed by atoms with E-state index in [0.29, 0.717) is 5.82 Å². The molecule has 12 heavy (non-hydrogen) atoms. The molecule has 0 unspecified atom stereocenters. The molecular weight excluding hydrogens is 160 g/mol. The van der Waals surface area contributed by atoms with Gasteiger partial charge in [-0.05, 0) is 12.1 Å². The molecule has 0 saturated heterocycles. The molecule has 0 bridgehead atoms. The van der Waals surface area contributed by atoms with Gasteiger partial charge in [0.05, 0.1) is 0 Å². The van der Waals surface area contributed by atoms with E-state index >= 15 is 0 Å². The molecule has 0 aliphatic carbocycles. The van der Waals surface area contributed by atoms with Gasteiger partial charge in [-0.15, -0.1) is 10.2 Å². The van der Waals surface area contributed by atoms with Crippen molar-refractivity contribution in [3.63, 3.8) is 0 Å². The largest absolute Gasteiger partial charge is 0.307 e. The highest BCUT2D eigenvalue weighted by molar-refractivity contribution is 5.91. The van der Waals surface area contributed by atoms with E-state index in [1.54, 1.807) is 0 Å². The van der Waals surface area contributed by atoms with Crippen molar-refractivity contribution in [2.45, 2.75) is 0 Å². The van der Waals surface area contributed by atoms with Crippen LogP contribution in [0.15, 0.2) is 12.1 Å². The van der Waals surface area contributed by atoms with E-state index in [9.17, 15) is 4.79 Å². The molecule has 1 aromatic heterocycles.